The van der Waals surface area contributed by atoms with E-state index >= 15 is 0 Å². The lowest BCUT2D eigenvalue weighted by atomic mass is 10.1. The molecular weight excluding hydrogens is 462 g/mol. The molecule has 0 fully saturated rings. The number of benzene rings is 2. The topological polar surface area (TPSA) is 125 Å². The number of hydrogen-bond acceptors (Lipinski definition) is 8. The maximum atomic E-state index is 11.8. The number of aromatic nitrogens is 4. The molecule has 0 spiro atoms. The first-order valence-electron chi connectivity index (χ1n) is 10.9. The zero-order valence-corrected chi connectivity index (χ0v) is 19.8. The van der Waals surface area contributed by atoms with Crippen molar-refractivity contribution in [2.24, 2.45) is 9.98 Å². The number of hydrogen-bond donors (Lipinski definition) is 2. The van der Waals surface area contributed by atoms with Gasteiger partial charge in [-0.05, 0) is 35.4 Å². The van der Waals surface area contributed by atoms with Gasteiger partial charge in [-0.1, -0.05) is 47.7 Å². The molecule has 1 aliphatic rings. The summed E-state index contributed by atoms with van der Waals surface area (Å²) in [5.41, 5.74) is 3.33. The molecule has 3 aromatic rings. The third-order valence-corrected chi connectivity index (χ3v) is 5.97. The number of tetrazole rings is 1. The van der Waals surface area contributed by atoms with Crippen LogP contribution in [0.4, 0.5) is 5.69 Å². The van der Waals surface area contributed by atoms with E-state index in [0.29, 0.717) is 28.7 Å². The highest BCUT2D eigenvalue weighted by Gasteiger charge is 2.19. The van der Waals surface area contributed by atoms with Gasteiger partial charge in [0.1, 0.15) is 0 Å². The third-order valence-electron chi connectivity index (χ3n) is 4.93. The van der Waals surface area contributed by atoms with Crippen molar-refractivity contribution in [2.75, 3.05) is 12.3 Å². The molecule has 2 N–H and O–H groups in total. The van der Waals surface area contributed by atoms with E-state index in [1.165, 1.54) is 30.8 Å². The molecule has 1 amide bonds. The maximum absolute atomic E-state index is 11.8. The van der Waals surface area contributed by atoms with Crippen LogP contribution in [0.3, 0.4) is 0 Å². The molecule has 0 radical (unpaired) electrons. The minimum Gasteiger partial charge on any atom is -0.303 e. The Morgan fingerprint density at radius 3 is 2.66 bits per heavy atom. The van der Waals surface area contributed by atoms with Crippen LogP contribution in [-0.2, 0) is 9.59 Å². The fraction of sp³-hybridized carbons (Fsp3) is 0.160. The van der Waals surface area contributed by atoms with E-state index < -0.39 is 0 Å². The summed E-state index contributed by atoms with van der Waals surface area (Å²) in [7, 11) is 0. The average molecular weight is 486 g/mol. The number of thioether (sulfide) groups is 1. The fourth-order valence-corrected chi connectivity index (χ4v) is 4.23. The van der Waals surface area contributed by atoms with Gasteiger partial charge in [0.2, 0.25) is 5.91 Å². The largest absolute Gasteiger partial charge is 0.303 e. The van der Waals surface area contributed by atoms with E-state index in [1.807, 2.05) is 60.8 Å². The van der Waals surface area contributed by atoms with Gasteiger partial charge in [-0.25, -0.2) is 4.99 Å². The van der Waals surface area contributed by atoms with Crippen LogP contribution in [0, 0.1) is 0 Å². The summed E-state index contributed by atoms with van der Waals surface area (Å²) in [5, 5.41) is 17.9. The lowest BCUT2D eigenvalue weighted by Crippen LogP contribution is -2.26. The van der Waals surface area contributed by atoms with Crippen molar-refractivity contribution in [1.82, 2.24) is 25.9 Å². The van der Waals surface area contributed by atoms with Crippen molar-refractivity contribution in [3.63, 3.8) is 0 Å². The first-order valence-corrected chi connectivity index (χ1v) is 11.9. The molecular formula is C25H23N7O2S. The Kier molecular flexibility index (Phi) is 8.21. The molecule has 4 rings (SSSR count). The van der Waals surface area contributed by atoms with Gasteiger partial charge in [0, 0.05) is 36.4 Å². The fourth-order valence-electron chi connectivity index (χ4n) is 3.33. The van der Waals surface area contributed by atoms with Gasteiger partial charge in [-0.2, -0.15) is 5.21 Å². The molecule has 0 saturated heterocycles. The molecule has 9 nitrogen and oxygen atoms in total. The summed E-state index contributed by atoms with van der Waals surface area (Å²) >= 11 is 1.45. The van der Waals surface area contributed by atoms with Crippen LogP contribution in [-0.4, -0.2) is 56.5 Å². The number of aliphatic imine (C=N–C) groups is 2. The third kappa shape index (κ3) is 6.98. The van der Waals surface area contributed by atoms with Gasteiger partial charge in [0.15, 0.2) is 11.6 Å². The minimum atomic E-state index is -0.308. The Labute approximate surface area is 206 Å². The molecule has 35 heavy (non-hydrogen) atoms. The number of carbonyl (C=O) groups excluding carboxylic acids is 2. The predicted molar refractivity (Wildman–Crippen MR) is 137 cm³/mol. The van der Waals surface area contributed by atoms with Crippen molar-refractivity contribution in [1.29, 1.82) is 0 Å². The molecule has 10 heteroatoms. The number of H-pyrrole nitrogens is 1. The number of amides is 1. The summed E-state index contributed by atoms with van der Waals surface area (Å²) < 4.78 is 0. The van der Waals surface area contributed by atoms with Crippen LogP contribution < -0.4 is 5.32 Å². The summed E-state index contributed by atoms with van der Waals surface area (Å²) in [6, 6.07) is 17.5. The van der Waals surface area contributed by atoms with E-state index in [4.69, 9.17) is 0 Å². The second-order valence-corrected chi connectivity index (χ2v) is 8.66. The van der Waals surface area contributed by atoms with E-state index in [9.17, 15) is 9.59 Å². The summed E-state index contributed by atoms with van der Waals surface area (Å²) in [6.45, 7) is 1.97. The SMILES string of the molecule is CC(=O)N=C1C=CC(=O)C=C1SCCNC(c1ccc(N=Cc2ccccc2)cc1)c1nn[nH]n1. The number of ketones is 1. The average Bonchev–Trinajstić information content (AvgIpc) is 3.40. The molecule has 0 aliphatic heterocycles. The van der Waals surface area contributed by atoms with Crippen LogP contribution in [0.2, 0.25) is 0 Å². The Morgan fingerprint density at radius 2 is 1.94 bits per heavy atom. The van der Waals surface area contributed by atoms with Gasteiger partial charge in [-0.3, -0.25) is 14.6 Å². The van der Waals surface area contributed by atoms with E-state index in [-0.39, 0.29) is 17.7 Å². The van der Waals surface area contributed by atoms with Crippen LogP contribution in [0.1, 0.15) is 29.9 Å². The number of aromatic amines is 1. The number of carbonyl (C=O) groups is 2. The normalized spacial score (nSPS) is 15.5. The second kappa shape index (κ2) is 11.9. The molecule has 1 unspecified atom stereocenters. The number of nitrogens with zero attached hydrogens (tertiary/aromatic N) is 5. The number of nitrogens with one attached hydrogen (secondary N) is 2. The van der Waals surface area contributed by atoms with Crippen molar-refractivity contribution in [3.8, 4) is 0 Å². The molecule has 1 aromatic heterocycles. The van der Waals surface area contributed by atoms with Gasteiger partial charge in [-0.15, -0.1) is 22.0 Å². The van der Waals surface area contributed by atoms with Crippen LogP contribution in [0.15, 0.2) is 87.7 Å². The first-order chi connectivity index (χ1) is 17.1. The quantitative estimate of drug-likeness (QED) is 0.270. The maximum Gasteiger partial charge on any atom is 0.243 e. The van der Waals surface area contributed by atoms with E-state index in [0.717, 1.165) is 16.8 Å². The molecule has 2 aromatic carbocycles. The van der Waals surface area contributed by atoms with Gasteiger partial charge in [0.25, 0.3) is 0 Å². The van der Waals surface area contributed by atoms with E-state index in [1.54, 1.807) is 6.08 Å². The Hall–Kier alpha value is -4.02. The molecule has 1 atom stereocenters. The highest BCUT2D eigenvalue weighted by atomic mass is 32.2. The molecule has 0 saturated carbocycles. The Balaban J connectivity index is 1.40. The highest BCUT2D eigenvalue weighted by Crippen LogP contribution is 2.24. The Bertz CT molecular complexity index is 1280. The predicted octanol–water partition coefficient (Wildman–Crippen LogP) is 3.37. The second-order valence-electron chi connectivity index (χ2n) is 7.53. The van der Waals surface area contributed by atoms with Gasteiger partial charge >= 0.3 is 0 Å². The van der Waals surface area contributed by atoms with E-state index in [2.05, 4.69) is 35.9 Å². The van der Waals surface area contributed by atoms with Crippen LogP contribution in [0.25, 0.3) is 0 Å². The summed E-state index contributed by atoms with van der Waals surface area (Å²) in [5.74, 6) is 0.724. The number of rotatable bonds is 9. The Morgan fingerprint density at radius 1 is 1.14 bits per heavy atom. The minimum absolute atomic E-state index is 0.123. The lowest BCUT2D eigenvalue weighted by molar-refractivity contribution is -0.115. The zero-order valence-electron chi connectivity index (χ0n) is 19.0. The summed E-state index contributed by atoms with van der Waals surface area (Å²) in [6.07, 6.45) is 6.30. The monoisotopic (exact) mass is 485 g/mol. The molecule has 1 aliphatic carbocycles. The summed E-state index contributed by atoms with van der Waals surface area (Å²) in [4.78, 5) is 32.4. The van der Waals surface area contributed by atoms with Crippen molar-refractivity contribution in [3.05, 3.63) is 94.7 Å². The molecule has 0 bridgehead atoms. The standard InChI is InChI=1S/C25H23N7O2S/c1-17(33)28-22-12-11-21(34)15-23(22)35-14-13-26-24(25-29-31-32-30-25)19-7-9-20(10-8-19)27-16-18-5-3-2-4-6-18/h2-12,15-16,24,26H,13-14H2,1H3,(H,29,30,31,32). The van der Waals surface area contributed by atoms with Crippen molar-refractivity contribution < 1.29 is 9.59 Å². The van der Waals surface area contributed by atoms with Crippen molar-refractivity contribution >= 4 is 41.1 Å². The number of allylic oxidation sites excluding steroid dienone is 4. The van der Waals surface area contributed by atoms with Gasteiger partial charge in [0.05, 0.1) is 17.4 Å². The van der Waals surface area contributed by atoms with Crippen LogP contribution in [0.5, 0.6) is 0 Å². The lowest BCUT2D eigenvalue weighted by Gasteiger charge is -2.16. The van der Waals surface area contributed by atoms with Crippen molar-refractivity contribution in [2.45, 2.75) is 13.0 Å². The molecule has 176 valence electrons. The zero-order chi connectivity index (χ0) is 24.5. The molecule has 1 heterocycles. The smallest absolute Gasteiger partial charge is 0.243 e. The highest BCUT2D eigenvalue weighted by molar-refractivity contribution is 8.04. The van der Waals surface area contributed by atoms with Gasteiger partial charge < -0.3 is 5.32 Å². The van der Waals surface area contributed by atoms with Crippen LogP contribution >= 0.6 is 11.8 Å². The first kappa shape index (κ1) is 24.1.